The molecule has 3 nitrogen and oxygen atoms in total. The number of halogens is 4. The van der Waals surface area contributed by atoms with Gasteiger partial charge in [-0.2, -0.15) is 0 Å². The molecular formula is C8H7BBrF3O3. The first-order valence-electron chi connectivity index (χ1n) is 4.14. The number of hydrogen-bond donors (Lipinski definition) is 1. The van der Waals surface area contributed by atoms with Crippen molar-refractivity contribution in [1.82, 2.24) is 0 Å². The summed E-state index contributed by atoms with van der Waals surface area (Å²) in [6, 6.07) is 4.77. The lowest BCUT2D eigenvalue weighted by atomic mass is 9.80. The van der Waals surface area contributed by atoms with E-state index in [0.717, 1.165) is 12.1 Å². The topological polar surface area (TPSA) is 38.7 Å². The van der Waals surface area contributed by atoms with Gasteiger partial charge in [0.15, 0.2) is 0 Å². The monoisotopic (exact) mass is 298 g/mol. The smallest absolute Gasteiger partial charge is 0.423 e. The van der Waals surface area contributed by atoms with E-state index < -0.39 is 13.5 Å². The van der Waals surface area contributed by atoms with Crippen LogP contribution in [0.3, 0.4) is 0 Å². The maximum atomic E-state index is 11.8. The largest absolute Gasteiger partial charge is 0.573 e. The fourth-order valence-corrected chi connectivity index (χ4v) is 1.24. The van der Waals surface area contributed by atoms with Gasteiger partial charge in [0.05, 0.1) is 5.52 Å². The van der Waals surface area contributed by atoms with Crippen LogP contribution in [0.1, 0.15) is 0 Å². The predicted octanol–water partition coefficient (Wildman–Crippen LogP) is 1.64. The molecule has 0 heterocycles. The van der Waals surface area contributed by atoms with Crippen molar-refractivity contribution in [1.29, 1.82) is 0 Å². The second kappa shape index (κ2) is 5.56. The zero-order valence-electron chi connectivity index (χ0n) is 7.87. The predicted molar refractivity (Wildman–Crippen MR) is 55.6 cm³/mol. The van der Waals surface area contributed by atoms with E-state index in [1.54, 1.807) is 0 Å². The molecule has 0 fully saturated rings. The number of hydrogen-bond acceptors (Lipinski definition) is 3. The Morgan fingerprint density at radius 2 is 1.81 bits per heavy atom. The minimum Gasteiger partial charge on any atom is -0.423 e. The Hall–Kier alpha value is -0.725. The van der Waals surface area contributed by atoms with E-state index in [1.165, 1.54) is 12.1 Å². The Bertz CT molecular complexity index is 330. The molecule has 1 N–H and O–H groups in total. The van der Waals surface area contributed by atoms with Crippen molar-refractivity contribution >= 4 is 28.5 Å². The summed E-state index contributed by atoms with van der Waals surface area (Å²) < 4.78 is 43.9. The van der Waals surface area contributed by atoms with Crippen molar-refractivity contribution in [2.75, 3.05) is 5.52 Å². The van der Waals surface area contributed by atoms with E-state index in [0.29, 0.717) is 5.46 Å². The number of alkyl halides is 4. The molecule has 88 valence electrons. The summed E-state index contributed by atoms with van der Waals surface area (Å²) in [7, 11) is -1.18. The van der Waals surface area contributed by atoms with Gasteiger partial charge in [0, 0.05) is 0 Å². The SMILES string of the molecule is OB(OCBr)c1ccc(OC(F)(F)F)cc1. The molecule has 0 aliphatic carbocycles. The molecule has 8 heteroatoms. The zero-order valence-corrected chi connectivity index (χ0v) is 9.46. The molecule has 0 bridgehead atoms. The maximum Gasteiger partial charge on any atom is 0.573 e. The lowest BCUT2D eigenvalue weighted by molar-refractivity contribution is -0.274. The third-order valence-corrected chi connectivity index (χ3v) is 1.88. The Balaban J connectivity index is 2.68. The Labute approximate surface area is 98.4 Å². The molecule has 16 heavy (non-hydrogen) atoms. The highest BCUT2D eigenvalue weighted by molar-refractivity contribution is 9.09. The standard InChI is InChI=1S/C8H7BBrF3O3/c10-5-15-9(14)6-1-3-7(4-2-6)16-8(11,12)13/h1-4,14H,5H2. The third kappa shape index (κ3) is 4.42. The lowest BCUT2D eigenvalue weighted by Gasteiger charge is -2.10. The van der Waals surface area contributed by atoms with Crippen LogP contribution in [0.4, 0.5) is 13.2 Å². The van der Waals surface area contributed by atoms with Gasteiger partial charge in [-0.05, 0) is 17.6 Å². The fourth-order valence-electron chi connectivity index (χ4n) is 0.990. The first-order valence-corrected chi connectivity index (χ1v) is 5.26. The minimum absolute atomic E-state index is 0.120. The Morgan fingerprint density at radius 1 is 1.25 bits per heavy atom. The van der Waals surface area contributed by atoms with Crippen molar-refractivity contribution < 1.29 is 27.6 Å². The quantitative estimate of drug-likeness (QED) is 0.678. The van der Waals surface area contributed by atoms with Crippen LogP contribution in [0.25, 0.3) is 0 Å². The minimum atomic E-state index is -4.72. The van der Waals surface area contributed by atoms with Crippen LogP contribution in [-0.2, 0) is 4.65 Å². The van der Waals surface area contributed by atoms with Gasteiger partial charge in [-0.1, -0.05) is 28.1 Å². The van der Waals surface area contributed by atoms with Crippen LogP contribution >= 0.6 is 15.9 Å². The van der Waals surface area contributed by atoms with E-state index >= 15 is 0 Å². The summed E-state index contributed by atoms with van der Waals surface area (Å²) in [6.45, 7) is 0. The molecule has 0 aliphatic rings. The molecule has 1 rings (SSSR count). The Morgan fingerprint density at radius 3 is 2.25 bits per heavy atom. The van der Waals surface area contributed by atoms with Gasteiger partial charge < -0.3 is 14.4 Å². The molecule has 0 saturated heterocycles. The molecular weight excluding hydrogens is 292 g/mol. The zero-order chi connectivity index (χ0) is 12.2. The van der Waals surface area contributed by atoms with E-state index in [-0.39, 0.29) is 11.3 Å². The summed E-state index contributed by atoms with van der Waals surface area (Å²) in [5, 5.41) is 9.33. The fraction of sp³-hybridized carbons (Fsp3) is 0.250. The first-order chi connectivity index (χ1) is 7.42. The summed E-state index contributed by atoms with van der Waals surface area (Å²) in [5.74, 6) is -0.345. The number of rotatable bonds is 4. The van der Waals surface area contributed by atoms with Crippen molar-refractivity contribution in [3.8, 4) is 5.75 Å². The van der Waals surface area contributed by atoms with Gasteiger partial charge >= 0.3 is 13.5 Å². The molecule has 0 amide bonds. The highest BCUT2D eigenvalue weighted by Crippen LogP contribution is 2.21. The normalized spacial score (nSPS) is 11.3. The van der Waals surface area contributed by atoms with E-state index in [2.05, 4.69) is 20.7 Å². The first kappa shape index (κ1) is 13.3. The van der Waals surface area contributed by atoms with E-state index in [1.807, 2.05) is 0 Å². The van der Waals surface area contributed by atoms with E-state index in [9.17, 15) is 18.2 Å². The lowest BCUT2D eigenvalue weighted by Crippen LogP contribution is -2.33. The van der Waals surface area contributed by atoms with Crippen molar-refractivity contribution in [3.63, 3.8) is 0 Å². The molecule has 1 aromatic rings. The molecule has 0 spiro atoms. The van der Waals surface area contributed by atoms with Gasteiger partial charge in [-0.15, -0.1) is 13.2 Å². The van der Waals surface area contributed by atoms with E-state index in [4.69, 9.17) is 4.65 Å². The summed E-state index contributed by atoms with van der Waals surface area (Å²) >= 11 is 2.95. The molecule has 0 aliphatic heterocycles. The van der Waals surface area contributed by atoms with Crippen molar-refractivity contribution in [2.45, 2.75) is 6.36 Å². The molecule has 1 aromatic carbocycles. The highest BCUT2D eigenvalue weighted by atomic mass is 79.9. The van der Waals surface area contributed by atoms with Gasteiger partial charge in [0.2, 0.25) is 0 Å². The summed E-state index contributed by atoms with van der Waals surface area (Å²) in [4.78, 5) is 0. The van der Waals surface area contributed by atoms with Crippen LogP contribution in [-0.4, -0.2) is 24.0 Å². The molecule has 0 unspecified atom stereocenters. The van der Waals surface area contributed by atoms with Crippen molar-refractivity contribution in [3.05, 3.63) is 24.3 Å². The van der Waals surface area contributed by atoms with Crippen LogP contribution in [0, 0.1) is 0 Å². The maximum absolute atomic E-state index is 11.8. The highest BCUT2D eigenvalue weighted by Gasteiger charge is 2.31. The van der Waals surface area contributed by atoms with Gasteiger partial charge in [-0.3, -0.25) is 0 Å². The third-order valence-electron chi connectivity index (χ3n) is 1.62. The average molecular weight is 299 g/mol. The number of ether oxygens (including phenoxy) is 1. The van der Waals surface area contributed by atoms with Gasteiger partial charge in [0.25, 0.3) is 0 Å². The molecule has 0 atom stereocenters. The average Bonchev–Trinajstić information content (AvgIpc) is 2.16. The van der Waals surface area contributed by atoms with Crippen LogP contribution < -0.4 is 10.2 Å². The molecule has 0 saturated carbocycles. The van der Waals surface area contributed by atoms with Crippen molar-refractivity contribution in [2.24, 2.45) is 0 Å². The van der Waals surface area contributed by atoms with Crippen LogP contribution in [0.2, 0.25) is 0 Å². The Kier molecular flexibility index (Phi) is 4.63. The van der Waals surface area contributed by atoms with Gasteiger partial charge in [0.1, 0.15) is 5.75 Å². The second-order valence-corrected chi connectivity index (χ2v) is 3.20. The summed E-state index contributed by atoms with van der Waals surface area (Å²) in [5.41, 5.74) is 0.462. The molecule has 0 radical (unpaired) electrons. The second-order valence-electron chi connectivity index (χ2n) is 2.74. The van der Waals surface area contributed by atoms with Crippen LogP contribution in [0.5, 0.6) is 5.75 Å². The van der Waals surface area contributed by atoms with Gasteiger partial charge in [-0.25, -0.2) is 0 Å². The summed E-state index contributed by atoms with van der Waals surface area (Å²) in [6.07, 6.45) is -4.72. The molecule has 0 aromatic heterocycles. The van der Waals surface area contributed by atoms with Crippen LogP contribution in [0.15, 0.2) is 24.3 Å². The number of benzene rings is 1.